The molecule has 3 rings (SSSR count). The average Bonchev–Trinajstić information content (AvgIpc) is 2.33. The van der Waals surface area contributed by atoms with Crippen molar-refractivity contribution in [3.05, 3.63) is 45.8 Å². The Morgan fingerprint density at radius 1 is 1.18 bits per heavy atom. The van der Waals surface area contributed by atoms with E-state index in [4.69, 9.17) is 4.42 Å². The van der Waals surface area contributed by atoms with Crippen LogP contribution in [0.1, 0.15) is 31.9 Å². The summed E-state index contributed by atoms with van der Waals surface area (Å²) >= 11 is 0. The summed E-state index contributed by atoms with van der Waals surface area (Å²) in [5.74, 6) is 0. The lowest BCUT2D eigenvalue weighted by atomic mass is 9.90. The van der Waals surface area contributed by atoms with Gasteiger partial charge in [0, 0.05) is 28.8 Å². The molecule has 3 nitrogen and oxygen atoms in total. The Morgan fingerprint density at radius 3 is 2.50 bits per heavy atom. The first kappa shape index (κ1) is 14.7. The fraction of sp³-hybridized carbons (Fsp3) is 0.312. The first-order valence-electron chi connectivity index (χ1n) is 6.74. The van der Waals surface area contributed by atoms with Crippen molar-refractivity contribution >= 4 is 22.2 Å². The second kappa shape index (κ2) is 4.38. The summed E-state index contributed by atoms with van der Waals surface area (Å²) in [5, 5.41) is 3.11. The number of fused-ring (bicyclic) bond motifs is 2. The Hall–Kier alpha value is -2.24. The van der Waals surface area contributed by atoms with Crippen LogP contribution >= 0.6 is 0 Å². The molecule has 0 aliphatic carbocycles. The summed E-state index contributed by atoms with van der Waals surface area (Å²) < 4.78 is 44.4. The van der Waals surface area contributed by atoms with Gasteiger partial charge in [-0.1, -0.05) is 6.08 Å². The first-order valence-corrected chi connectivity index (χ1v) is 6.74. The van der Waals surface area contributed by atoms with Crippen molar-refractivity contribution in [3.63, 3.8) is 0 Å². The molecule has 0 spiro atoms. The van der Waals surface area contributed by atoms with E-state index in [1.54, 1.807) is 0 Å². The van der Waals surface area contributed by atoms with E-state index in [0.29, 0.717) is 17.3 Å². The van der Waals surface area contributed by atoms with E-state index < -0.39 is 17.4 Å². The van der Waals surface area contributed by atoms with Crippen LogP contribution in [-0.2, 0) is 6.18 Å². The van der Waals surface area contributed by atoms with Gasteiger partial charge in [-0.3, -0.25) is 0 Å². The number of hydrogen-bond acceptors (Lipinski definition) is 3. The van der Waals surface area contributed by atoms with Crippen molar-refractivity contribution in [1.82, 2.24) is 0 Å². The van der Waals surface area contributed by atoms with Crippen LogP contribution in [0.2, 0.25) is 0 Å². The Morgan fingerprint density at radius 2 is 1.86 bits per heavy atom. The Bertz CT molecular complexity index is 860. The maximum atomic E-state index is 13.1. The fourth-order valence-electron chi connectivity index (χ4n) is 2.87. The molecule has 6 heteroatoms. The molecule has 2 heterocycles. The maximum absolute atomic E-state index is 13.1. The average molecular weight is 309 g/mol. The van der Waals surface area contributed by atoms with E-state index in [0.717, 1.165) is 5.57 Å². The molecular formula is C16H14F3NO2. The van der Waals surface area contributed by atoms with Gasteiger partial charge in [-0.25, -0.2) is 4.79 Å². The van der Waals surface area contributed by atoms with Crippen LogP contribution in [0, 0.1) is 0 Å². The number of anilines is 1. The van der Waals surface area contributed by atoms with Crippen LogP contribution < -0.4 is 10.9 Å². The van der Waals surface area contributed by atoms with E-state index in [1.165, 1.54) is 12.1 Å². The molecule has 0 saturated heterocycles. The molecule has 0 unspecified atom stereocenters. The van der Waals surface area contributed by atoms with Gasteiger partial charge in [0.15, 0.2) is 0 Å². The minimum Gasteiger partial charge on any atom is -0.423 e. The lowest BCUT2D eigenvalue weighted by Gasteiger charge is -2.31. The van der Waals surface area contributed by atoms with Gasteiger partial charge in [-0.05, 0) is 32.4 Å². The number of benzene rings is 1. The van der Waals surface area contributed by atoms with E-state index >= 15 is 0 Å². The second-order valence-corrected chi connectivity index (χ2v) is 6.04. The molecule has 0 atom stereocenters. The molecule has 0 saturated carbocycles. The zero-order valence-electron chi connectivity index (χ0n) is 12.3. The van der Waals surface area contributed by atoms with E-state index in [-0.39, 0.29) is 16.5 Å². The second-order valence-electron chi connectivity index (χ2n) is 6.04. The van der Waals surface area contributed by atoms with Crippen LogP contribution in [0.5, 0.6) is 0 Å². The zero-order chi connectivity index (χ0) is 16.3. The van der Waals surface area contributed by atoms with Gasteiger partial charge in [0.1, 0.15) is 5.58 Å². The highest BCUT2D eigenvalue weighted by Crippen LogP contribution is 2.40. The lowest BCUT2D eigenvalue weighted by Crippen LogP contribution is -2.31. The molecule has 1 aliphatic heterocycles. The van der Waals surface area contributed by atoms with Crippen molar-refractivity contribution in [2.24, 2.45) is 0 Å². The molecular weight excluding hydrogens is 295 g/mol. The van der Waals surface area contributed by atoms with E-state index in [1.807, 2.05) is 26.8 Å². The Balaban J connectivity index is 2.37. The smallest absolute Gasteiger partial charge is 0.417 e. The molecule has 2 aromatic rings. The third-order valence-electron chi connectivity index (χ3n) is 3.65. The zero-order valence-corrected chi connectivity index (χ0v) is 12.3. The first-order chi connectivity index (χ1) is 10.1. The Kier molecular flexibility index (Phi) is 2.92. The molecule has 0 amide bonds. The quantitative estimate of drug-likeness (QED) is 0.733. The molecule has 0 fully saturated rings. The topological polar surface area (TPSA) is 42.2 Å². The van der Waals surface area contributed by atoms with Crippen LogP contribution in [0.25, 0.3) is 16.5 Å². The number of halogens is 3. The van der Waals surface area contributed by atoms with Gasteiger partial charge >= 0.3 is 11.8 Å². The van der Waals surface area contributed by atoms with E-state index in [9.17, 15) is 18.0 Å². The van der Waals surface area contributed by atoms with Gasteiger partial charge in [0.2, 0.25) is 0 Å². The number of nitrogens with one attached hydrogen (secondary N) is 1. The molecule has 1 aromatic heterocycles. The molecule has 1 N–H and O–H groups in total. The summed E-state index contributed by atoms with van der Waals surface area (Å²) in [6.45, 7) is 5.75. The summed E-state index contributed by atoms with van der Waals surface area (Å²) in [6.07, 6.45) is -2.66. The molecule has 0 radical (unpaired) electrons. The monoisotopic (exact) mass is 309 g/mol. The highest BCUT2D eigenvalue weighted by atomic mass is 19.4. The third-order valence-corrected chi connectivity index (χ3v) is 3.65. The van der Waals surface area contributed by atoms with Crippen molar-refractivity contribution in [1.29, 1.82) is 0 Å². The van der Waals surface area contributed by atoms with Crippen molar-refractivity contribution < 1.29 is 17.6 Å². The van der Waals surface area contributed by atoms with Crippen LogP contribution in [-0.4, -0.2) is 5.54 Å². The predicted molar refractivity (Wildman–Crippen MR) is 78.8 cm³/mol. The fourth-order valence-corrected chi connectivity index (χ4v) is 2.87. The summed E-state index contributed by atoms with van der Waals surface area (Å²) in [5.41, 5.74) is -0.184. The highest BCUT2D eigenvalue weighted by molar-refractivity contribution is 5.92. The van der Waals surface area contributed by atoms with Crippen molar-refractivity contribution in [3.8, 4) is 0 Å². The summed E-state index contributed by atoms with van der Waals surface area (Å²) in [4.78, 5) is 11.4. The van der Waals surface area contributed by atoms with E-state index in [2.05, 4.69) is 5.32 Å². The summed E-state index contributed by atoms with van der Waals surface area (Å²) in [6, 6.07) is 3.37. The molecule has 22 heavy (non-hydrogen) atoms. The molecule has 1 aliphatic rings. The standard InChI is InChI=1S/C16H14F3NO2/c1-8-7-15(2,3)20-12-6-13-10(4-9(8)12)11(16(17,18)19)5-14(21)22-13/h4-7,20H,1-3H3. The minimum absolute atomic E-state index is 0.0726. The van der Waals surface area contributed by atoms with Crippen LogP contribution in [0.3, 0.4) is 0 Å². The van der Waals surface area contributed by atoms with Crippen LogP contribution in [0.15, 0.2) is 33.5 Å². The number of hydrogen-bond donors (Lipinski definition) is 1. The van der Waals surface area contributed by atoms with Gasteiger partial charge in [0.25, 0.3) is 0 Å². The number of rotatable bonds is 0. The normalized spacial score (nSPS) is 16.9. The van der Waals surface area contributed by atoms with Crippen LogP contribution in [0.4, 0.5) is 18.9 Å². The van der Waals surface area contributed by atoms with Gasteiger partial charge in [-0.2, -0.15) is 13.2 Å². The van der Waals surface area contributed by atoms with Crippen molar-refractivity contribution in [2.75, 3.05) is 5.32 Å². The molecule has 0 bridgehead atoms. The predicted octanol–water partition coefficient (Wildman–Crippen LogP) is 4.42. The SMILES string of the molecule is CC1=CC(C)(C)Nc2cc3oc(=O)cc(C(F)(F)F)c3cc21. The lowest BCUT2D eigenvalue weighted by molar-refractivity contribution is -0.136. The minimum atomic E-state index is -4.61. The van der Waals surface area contributed by atoms with Gasteiger partial charge in [0.05, 0.1) is 11.1 Å². The van der Waals surface area contributed by atoms with Gasteiger partial charge in [-0.15, -0.1) is 0 Å². The Labute approximate surface area is 124 Å². The molecule has 116 valence electrons. The maximum Gasteiger partial charge on any atom is 0.417 e. The number of alkyl halides is 3. The van der Waals surface area contributed by atoms with Crippen molar-refractivity contribution in [2.45, 2.75) is 32.5 Å². The summed E-state index contributed by atoms with van der Waals surface area (Å²) in [7, 11) is 0. The van der Waals surface area contributed by atoms with Gasteiger partial charge < -0.3 is 9.73 Å². The highest BCUT2D eigenvalue weighted by Gasteiger charge is 2.34. The third kappa shape index (κ3) is 2.38. The molecule has 1 aromatic carbocycles. The number of allylic oxidation sites excluding steroid dienone is 1. The largest absolute Gasteiger partial charge is 0.423 e.